The number of carbonyl (C=O) groups excluding carboxylic acids is 1. The van der Waals surface area contributed by atoms with Gasteiger partial charge >= 0.3 is 0 Å². The molecule has 1 atom stereocenters. The minimum Gasteiger partial charge on any atom is -0.467 e. The summed E-state index contributed by atoms with van der Waals surface area (Å²) in [4.78, 5) is 15.5. The molecule has 150 valence electrons. The highest BCUT2D eigenvalue weighted by Crippen LogP contribution is 2.30. The van der Waals surface area contributed by atoms with Gasteiger partial charge in [-0.3, -0.25) is 4.79 Å². The van der Waals surface area contributed by atoms with Crippen LogP contribution in [0.1, 0.15) is 29.2 Å². The Kier molecular flexibility index (Phi) is 5.53. The highest BCUT2D eigenvalue weighted by Gasteiger charge is 2.38. The van der Waals surface area contributed by atoms with Crippen molar-refractivity contribution in [3.63, 3.8) is 0 Å². The number of rotatable bonds is 6. The average molecular weight is 410 g/mol. The van der Waals surface area contributed by atoms with E-state index in [1.54, 1.807) is 17.2 Å². The van der Waals surface area contributed by atoms with E-state index < -0.39 is 15.8 Å². The van der Waals surface area contributed by atoms with Crippen LogP contribution in [0.4, 0.5) is 0 Å². The maximum absolute atomic E-state index is 13.9. The predicted octanol–water partition coefficient (Wildman–Crippen LogP) is 3.63. The molecule has 0 N–H and O–H groups in total. The largest absolute Gasteiger partial charge is 0.467 e. The van der Waals surface area contributed by atoms with E-state index in [1.807, 2.05) is 66.7 Å². The minimum atomic E-state index is -3.13. The van der Waals surface area contributed by atoms with Crippen LogP contribution in [0.5, 0.6) is 0 Å². The van der Waals surface area contributed by atoms with Gasteiger partial charge in [-0.25, -0.2) is 8.42 Å². The van der Waals surface area contributed by atoms with Crippen molar-refractivity contribution in [2.24, 2.45) is 0 Å². The summed E-state index contributed by atoms with van der Waals surface area (Å²) in [7, 11) is -3.13. The molecule has 0 spiro atoms. The molecular weight excluding hydrogens is 386 g/mol. The third kappa shape index (κ3) is 4.43. The first-order valence-corrected chi connectivity index (χ1v) is 11.5. The van der Waals surface area contributed by atoms with Crippen molar-refractivity contribution in [3.05, 3.63) is 95.9 Å². The molecule has 1 aromatic heterocycles. The lowest BCUT2D eigenvalue weighted by molar-refractivity contribution is -0.134. The summed E-state index contributed by atoms with van der Waals surface area (Å²) in [6, 6.07) is 22.5. The second-order valence-corrected chi connectivity index (χ2v) is 9.59. The number of benzene rings is 2. The third-order valence-corrected chi connectivity index (χ3v) is 7.10. The van der Waals surface area contributed by atoms with Crippen LogP contribution in [0, 0.1) is 0 Å². The molecule has 1 aliphatic heterocycles. The highest BCUT2D eigenvalue weighted by atomic mass is 32.2. The van der Waals surface area contributed by atoms with Crippen molar-refractivity contribution in [1.82, 2.24) is 4.90 Å². The molecule has 4 rings (SSSR count). The maximum Gasteiger partial charge on any atom is 0.235 e. The molecule has 1 aliphatic rings. The Morgan fingerprint density at radius 1 is 0.966 bits per heavy atom. The standard InChI is InChI=1S/C23H23NO4S/c25-23(22(18-8-3-1-4-9-18)19-10-5-2-6-11-19)24(16-21-12-7-14-28-21)20-13-15-29(26,27)17-20/h1-12,14,20,22H,13,15-17H2/t20-/m0/s1. The van der Waals surface area contributed by atoms with Gasteiger partial charge in [0.25, 0.3) is 0 Å². The van der Waals surface area contributed by atoms with Gasteiger partial charge in [0.2, 0.25) is 5.91 Å². The van der Waals surface area contributed by atoms with Gasteiger partial charge < -0.3 is 9.32 Å². The lowest BCUT2D eigenvalue weighted by atomic mass is 9.89. The van der Waals surface area contributed by atoms with Crippen molar-refractivity contribution in [2.75, 3.05) is 11.5 Å². The molecule has 0 bridgehead atoms. The molecule has 5 nitrogen and oxygen atoms in total. The zero-order valence-electron chi connectivity index (χ0n) is 16.0. The van der Waals surface area contributed by atoms with E-state index >= 15 is 0 Å². The van der Waals surface area contributed by atoms with Crippen LogP contribution >= 0.6 is 0 Å². The Morgan fingerprint density at radius 2 is 1.59 bits per heavy atom. The lowest BCUT2D eigenvalue weighted by Crippen LogP contribution is -2.43. The summed E-state index contributed by atoms with van der Waals surface area (Å²) in [5.41, 5.74) is 1.77. The van der Waals surface area contributed by atoms with Gasteiger partial charge in [0.15, 0.2) is 9.84 Å². The molecule has 0 saturated carbocycles. The zero-order valence-corrected chi connectivity index (χ0v) is 16.8. The van der Waals surface area contributed by atoms with E-state index in [0.717, 1.165) is 11.1 Å². The minimum absolute atomic E-state index is 0.00422. The van der Waals surface area contributed by atoms with Gasteiger partial charge in [0, 0.05) is 6.04 Å². The molecule has 0 aliphatic carbocycles. The summed E-state index contributed by atoms with van der Waals surface area (Å²) in [5, 5.41) is 0. The van der Waals surface area contributed by atoms with E-state index in [0.29, 0.717) is 12.2 Å². The molecule has 1 saturated heterocycles. The van der Waals surface area contributed by atoms with Gasteiger partial charge in [-0.05, 0) is 29.7 Å². The molecule has 1 fully saturated rings. The monoisotopic (exact) mass is 409 g/mol. The first kappa shape index (κ1) is 19.5. The quantitative estimate of drug-likeness (QED) is 0.624. The number of nitrogens with zero attached hydrogens (tertiary/aromatic N) is 1. The van der Waals surface area contributed by atoms with E-state index in [9.17, 15) is 13.2 Å². The fraction of sp³-hybridized carbons (Fsp3) is 0.261. The molecule has 2 heterocycles. The molecule has 29 heavy (non-hydrogen) atoms. The van der Waals surface area contributed by atoms with Gasteiger partial charge in [0.05, 0.1) is 30.2 Å². The van der Waals surface area contributed by atoms with E-state index in [4.69, 9.17) is 4.42 Å². The molecule has 2 aromatic carbocycles. The fourth-order valence-corrected chi connectivity index (χ4v) is 5.64. The first-order chi connectivity index (χ1) is 14.0. The zero-order chi connectivity index (χ0) is 20.3. The van der Waals surface area contributed by atoms with Crippen molar-refractivity contribution < 1.29 is 17.6 Å². The number of carbonyl (C=O) groups is 1. The Morgan fingerprint density at radius 3 is 2.07 bits per heavy atom. The number of sulfone groups is 1. The van der Waals surface area contributed by atoms with Crippen molar-refractivity contribution in [2.45, 2.75) is 24.9 Å². The number of hydrogen-bond acceptors (Lipinski definition) is 4. The maximum atomic E-state index is 13.9. The molecule has 3 aromatic rings. The molecule has 0 unspecified atom stereocenters. The van der Waals surface area contributed by atoms with E-state index in [2.05, 4.69) is 0 Å². The normalized spacial score (nSPS) is 18.0. The van der Waals surface area contributed by atoms with Gasteiger partial charge in [-0.2, -0.15) is 0 Å². The van der Waals surface area contributed by atoms with Crippen LogP contribution < -0.4 is 0 Å². The summed E-state index contributed by atoms with van der Waals surface area (Å²) in [5.74, 6) is 0.135. The predicted molar refractivity (Wildman–Crippen MR) is 111 cm³/mol. The lowest BCUT2D eigenvalue weighted by Gasteiger charge is -2.31. The van der Waals surface area contributed by atoms with Crippen LogP contribution in [0.2, 0.25) is 0 Å². The molecule has 0 radical (unpaired) electrons. The summed E-state index contributed by atoms with van der Waals surface area (Å²) >= 11 is 0. The van der Waals surface area contributed by atoms with Crippen LogP contribution in [-0.4, -0.2) is 36.8 Å². The Bertz CT molecular complexity index is 1010. The first-order valence-electron chi connectivity index (χ1n) is 9.67. The number of amides is 1. The van der Waals surface area contributed by atoms with Crippen LogP contribution in [0.3, 0.4) is 0 Å². The summed E-state index contributed by atoms with van der Waals surface area (Å²) < 4.78 is 29.7. The topological polar surface area (TPSA) is 67.6 Å². The second-order valence-electron chi connectivity index (χ2n) is 7.36. The average Bonchev–Trinajstić information content (AvgIpc) is 3.37. The molecule has 1 amide bonds. The van der Waals surface area contributed by atoms with Crippen LogP contribution in [-0.2, 0) is 21.2 Å². The Labute approximate surface area is 170 Å². The van der Waals surface area contributed by atoms with Crippen molar-refractivity contribution >= 4 is 15.7 Å². The van der Waals surface area contributed by atoms with Crippen molar-refractivity contribution in [1.29, 1.82) is 0 Å². The second kappa shape index (κ2) is 8.25. The number of furan rings is 1. The van der Waals surface area contributed by atoms with Gasteiger partial charge in [-0.15, -0.1) is 0 Å². The van der Waals surface area contributed by atoms with E-state index in [-0.39, 0.29) is 30.0 Å². The fourth-order valence-electron chi connectivity index (χ4n) is 3.91. The number of hydrogen-bond donors (Lipinski definition) is 0. The van der Waals surface area contributed by atoms with Crippen LogP contribution in [0.15, 0.2) is 83.5 Å². The smallest absolute Gasteiger partial charge is 0.235 e. The SMILES string of the molecule is O=C(C(c1ccccc1)c1ccccc1)N(Cc1ccco1)[C@H]1CCS(=O)(=O)C1. The Balaban J connectivity index is 1.73. The highest BCUT2D eigenvalue weighted by molar-refractivity contribution is 7.91. The van der Waals surface area contributed by atoms with Gasteiger partial charge in [0.1, 0.15) is 5.76 Å². The third-order valence-electron chi connectivity index (χ3n) is 5.35. The summed E-state index contributed by atoms with van der Waals surface area (Å²) in [6.45, 7) is 0.252. The van der Waals surface area contributed by atoms with E-state index in [1.165, 1.54) is 0 Å². The molecule has 6 heteroatoms. The Hall–Kier alpha value is -2.86. The van der Waals surface area contributed by atoms with Crippen LogP contribution in [0.25, 0.3) is 0 Å². The molecular formula is C23H23NO4S. The van der Waals surface area contributed by atoms with Crippen molar-refractivity contribution in [3.8, 4) is 0 Å². The van der Waals surface area contributed by atoms with Gasteiger partial charge in [-0.1, -0.05) is 60.7 Å². The summed E-state index contributed by atoms with van der Waals surface area (Å²) in [6.07, 6.45) is 2.01.